The van der Waals surface area contributed by atoms with Crippen LogP contribution in [0.5, 0.6) is 11.6 Å². The summed E-state index contributed by atoms with van der Waals surface area (Å²) in [6, 6.07) is 8.92. The predicted octanol–water partition coefficient (Wildman–Crippen LogP) is 1.94. The fourth-order valence-corrected chi connectivity index (χ4v) is 3.38. The van der Waals surface area contributed by atoms with E-state index in [1.807, 2.05) is 0 Å². The number of amides is 1. The van der Waals surface area contributed by atoms with Gasteiger partial charge in [-0.2, -0.15) is 4.98 Å². The molecule has 0 spiro atoms. The van der Waals surface area contributed by atoms with Crippen LogP contribution >= 0.6 is 0 Å². The molecule has 2 N–H and O–H groups in total. The number of carbonyl (C=O) groups excluding carboxylic acids is 1. The molecule has 0 radical (unpaired) electrons. The summed E-state index contributed by atoms with van der Waals surface area (Å²) in [5.41, 5.74) is 0.815. The van der Waals surface area contributed by atoms with Crippen molar-refractivity contribution in [2.24, 2.45) is 0 Å². The molecular formula is C18H17N5O5S. The molecule has 0 aliphatic rings. The highest BCUT2D eigenvalue weighted by Crippen LogP contribution is 2.32. The van der Waals surface area contributed by atoms with E-state index in [0.717, 1.165) is 6.33 Å². The van der Waals surface area contributed by atoms with E-state index in [1.165, 1.54) is 44.7 Å². The third-order valence-electron chi connectivity index (χ3n) is 3.75. The molecule has 0 atom stereocenters. The zero-order chi connectivity index (χ0) is 20.9. The topological polar surface area (TPSA) is 132 Å². The molecule has 1 aromatic carbocycles. The fourth-order valence-electron chi connectivity index (χ4n) is 2.36. The molecule has 0 aliphatic heterocycles. The quantitative estimate of drug-likeness (QED) is 0.598. The number of nitrogens with zero attached hydrogens (tertiary/aromatic N) is 3. The van der Waals surface area contributed by atoms with Gasteiger partial charge in [0.15, 0.2) is 5.82 Å². The number of anilines is 2. The number of hydrogen-bond donors (Lipinski definition) is 2. The Hall–Kier alpha value is -3.73. The molecule has 1 amide bonds. The molecule has 29 heavy (non-hydrogen) atoms. The summed E-state index contributed by atoms with van der Waals surface area (Å²) in [4.78, 5) is 23.7. The van der Waals surface area contributed by atoms with Crippen LogP contribution in [0, 0.1) is 0 Å². The summed E-state index contributed by atoms with van der Waals surface area (Å²) in [5.74, 6) is -0.273. The zero-order valence-corrected chi connectivity index (χ0v) is 16.3. The van der Waals surface area contributed by atoms with Crippen LogP contribution in [0.2, 0.25) is 0 Å². The monoisotopic (exact) mass is 415 g/mol. The van der Waals surface area contributed by atoms with E-state index in [9.17, 15) is 13.2 Å². The molecule has 2 aromatic heterocycles. The maximum absolute atomic E-state index is 12.7. The van der Waals surface area contributed by atoms with E-state index in [2.05, 4.69) is 25.0 Å². The lowest BCUT2D eigenvalue weighted by atomic mass is 10.2. The smallest absolute Gasteiger partial charge is 0.263 e. The fraction of sp³-hybridized carbons (Fsp3) is 0.111. The number of methoxy groups -OCH3 is 2. The van der Waals surface area contributed by atoms with E-state index in [0.29, 0.717) is 11.3 Å². The molecule has 10 nitrogen and oxygen atoms in total. The van der Waals surface area contributed by atoms with Crippen LogP contribution in [-0.4, -0.2) is 43.5 Å². The SMILES string of the molecule is COc1ncnc(NS(=O)(=O)c2ccc(NC(=O)c3cccnc3)cc2)c1OC. The average Bonchev–Trinajstić information content (AvgIpc) is 2.74. The number of rotatable bonds is 7. The van der Waals surface area contributed by atoms with Crippen molar-refractivity contribution in [3.63, 3.8) is 0 Å². The molecule has 11 heteroatoms. The van der Waals surface area contributed by atoms with Crippen molar-refractivity contribution in [1.82, 2.24) is 15.0 Å². The Labute approximate surface area is 167 Å². The molecule has 0 saturated heterocycles. The van der Waals surface area contributed by atoms with Gasteiger partial charge in [0.2, 0.25) is 5.75 Å². The standard InChI is InChI=1S/C18H17N5O5S/c1-27-15-16(20-11-21-18(15)28-2)23-29(25,26)14-7-5-13(6-8-14)22-17(24)12-4-3-9-19-10-12/h3-11H,1-2H3,(H,22,24)(H,20,21,23). The first-order chi connectivity index (χ1) is 13.9. The van der Waals surface area contributed by atoms with Crippen molar-refractivity contribution in [2.45, 2.75) is 4.90 Å². The van der Waals surface area contributed by atoms with Crippen LogP contribution < -0.4 is 19.5 Å². The highest BCUT2D eigenvalue weighted by molar-refractivity contribution is 7.92. The minimum atomic E-state index is -3.97. The summed E-state index contributed by atoms with van der Waals surface area (Å²) in [7, 11) is -1.24. The Morgan fingerprint density at radius 2 is 1.79 bits per heavy atom. The lowest BCUT2D eigenvalue weighted by molar-refractivity contribution is 0.102. The largest absolute Gasteiger partial charge is 0.489 e. The van der Waals surface area contributed by atoms with Crippen molar-refractivity contribution >= 4 is 27.4 Å². The van der Waals surface area contributed by atoms with Gasteiger partial charge in [-0.1, -0.05) is 0 Å². The molecule has 0 aliphatic carbocycles. The third kappa shape index (κ3) is 4.58. The Morgan fingerprint density at radius 1 is 1.03 bits per heavy atom. The first-order valence-corrected chi connectivity index (χ1v) is 9.70. The third-order valence-corrected chi connectivity index (χ3v) is 5.10. The van der Waals surface area contributed by atoms with Gasteiger partial charge in [-0.05, 0) is 36.4 Å². The Morgan fingerprint density at radius 3 is 2.41 bits per heavy atom. The van der Waals surface area contributed by atoms with Crippen LogP contribution in [-0.2, 0) is 10.0 Å². The molecule has 2 heterocycles. The summed E-state index contributed by atoms with van der Waals surface area (Å²) in [6.45, 7) is 0. The number of carbonyl (C=O) groups is 1. The van der Waals surface area contributed by atoms with Crippen LogP contribution in [0.3, 0.4) is 0 Å². The molecule has 3 aromatic rings. The van der Waals surface area contributed by atoms with E-state index in [4.69, 9.17) is 9.47 Å². The Bertz CT molecular complexity index is 1110. The molecule has 3 rings (SSSR count). The number of sulfonamides is 1. The lowest BCUT2D eigenvalue weighted by Crippen LogP contribution is -2.16. The summed E-state index contributed by atoms with van der Waals surface area (Å²) >= 11 is 0. The van der Waals surface area contributed by atoms with Crippen molar-refractivity contribution in [2.75, 3.05) is 24.3 Å². The Kier molecular flexibility index (Phi) is 5.88. The second-order valence-corrected chi connectivity index (χ2v) is 7.27. The van der Waals surface area contributed by atoms with Gasteiger partial charge in [-0.25, -0.2) is 13.4 Å². The summed E-state index contributed by atoms with van der Waals surface area (Å²) < 4.78 is 37.8. The van der Waals surface area contributed by atoms with Gasteiger partial charge in [-0.3, -0.25) is 14.5 Å². The van der Waals surface area contributed by atoms with Crippen molar-refractivity contribution in [3.8, 4) is 11.6 Å². The van der Waals surface area contributed by atoms with Gasteiger partial charge in [0.05, 0.1) is 24.7 Å². The van der Waals surface area contributed by atoms with E-state index in [-0.39, 0.29) is 28.3 Å². The van der Waals surface area contributed by atoms with Crippen LogP contribution in [0.15, 0.2) is 60.0 Å². The first kappa shape index (κ1) is 20.0. The van der Waals surface area contributed by atoms with Gasteiger partial charge < -0.3 is 14.8 Å². The minimum Gasteiger partial charge on any atom is -0.489 e. The van der Waals surface area contributed by atoms with Gasteiger partial charge >= 0.3 is 0 Å². The van der Waals surface area contributed by atoms with Crippen molar-refractivity contribution in [3.05, 3.63) is 60.7 Å². The van der Waals surface area contributed by atoms with E-state index >= 15 is 0 Å². The van der Waals surface area contributed by atoms with Crippen LogP contribution in [0.1, 0.15) is 10.4 Å². The predicted molar refractivity (Wildman–Crippen MR) is 105 cm³/mol. The molecule has 0 fully saturated rings. The van der Waals surface area contributed by atoms with Crippen LogP contribution in [0.4, 0.5) is 11.5 Å². The molecule has 150 valence electrons. The van der Waals surface area contributed by atoms with Crippen molar-refractivity contribution < 1.29 is 22.7 Å². The maximum atomic E-state index is 12.7. The van der Waals surface area contributed by atoms with E-state index < -0.39 is 10.0 Å². The van der Waals surface area contributed by atoms with E-state index in [1.54, 1.807) is 18.3 Å². The average molecular weight is 415 g/mol. The zero-order valence-electron chi connectivity index (χ0n) is 15.5. The van der Waals surface area contributed by atoms with Crippen LogP contribution in [0.25, 0.3) is 0 Å². The number of pyridine rings is 1. The first-order valence-electron chi connectivity index (χ1n) is 8.22. The normalized spacial score (nSPS) is 10.8. The van der Waals surface area contributed by atoms with Gasteiger partial charge in [0.1, 0.15) is 6.33 Å². The maximum Gasteiger partial charge on any atom is 0.263 e. The molecule has 0 unspecified atom stereocenters. The molecule has 0 saturated carbocycles. The number of aromatic nitrogens is 3. The van der Waals surface area contributed by atoms with Gasteiger partial charge in [0, 0.05) is 18.1 Å². The van der Waals surface area contributed by atoms with Gasteiger partial charge in [-0.15, -0.1) is 0 Å². The Balaban J connectivity index is 1.78. The lowest BCUT2D eigenvalue weighted by Gasteiger charge is -2.13. The number of hydrogen-bond acceptors (Lipinski definition) is 8. The second kappa shape index (κ2) is 8.52. The molecule has 0 bridgehead atoms. The minimum absolute atomic E-state index is 0.0310. The van der Waals surface area contributed by atoms with Gasteiger partial charge in [0.25, 0.3) is 21.8 Å². The second-order valence-electron chi connectivity index (χ2n) is 5.59. The van der Waals surface area contributed by atoms with Crippen molar-refractivity contribution in [1.29, 1.82) is 0 Å². The highest BCUT2D eigenvalue weighted by Gasteiger charge is 2.20. The number of nitrogens with one attached hydrogen (secondary N) is 2. The number of ether oxygens (including phenoxy) is 2. The summed E-state index contributed by atoms with van der Waals surface area (Å²) in [6.07, 6.45) is 4.14. The molecular weight excluding hydrogens is 398 g/mol. The highest BCUT2D eigenvalue weighted by atomic mass is 32.2. The summed E-state index contributed by atoms with van der Waals surface area (Å²) in [5, 5.41) is 2.67. The number of benzene rings is 1.